The first-order valence-corrected chi connectivity index (χ1v) is 6.99. The summed E-state index contributed by atoms with van der Waals surface area (Å²) in [5.74, 6) is -0.309. The summed E-state index contributed by atoms with van der Waals surface area (Å²) >= 11 is 1.52. The Bertz CT molecular complexity index is 539. The molecule has 1 unspecified atom stereocenters. The van der Waals surface area contributed by atoms with Crippen molar-refractivity contribution >= 4 is 23.0 Å². The third-order valence-electron chi connectivity index (χ3n) is 2.54. The molecule has 0 bridgehead atoms. The molecule has 5 heteroatoms. The van der Waals surface area contributed by atoms with Crippen molar-refractivity contribution in [2.75, 3.05) is 11.9 Å². The molecule has 100 valence electrons. The summed E-state index contributed by atoms with van der Waals surface area (Å²) in [6, 6.07) is 9.01. The first-order valence-electron chi connectivity index (χ1n) is 6.11. The summed E-state index contributed by atoms with van der Waals surface area (Å²) in [7, 11) is 0. The van der Waals surface area contributed by atoms with Gasteiger partial charge in [0, 0.05) is 11.1 Å². The van der Waals surface area contributed by atoms with Gasteiger partial charge in [-0.1, -0.05) is 18.2 Å². The van der Waals surface area contributed by atoms with E-state index in [4.69, 9.17) is 4.74 Å². The lowest BCUT2D eigenvalue weighted by Gasteiger charge is -2.16. The number of esters is 1. The largest absolute Gasteiger partial charge is 0.464 e. The second kappa shape index (κ2) is 6.33. The van der Waals surface area contributed by atoms with Crippen LogP contribution in [0.25, 0.3) is 0 Å². The van der Waals surface area contributed by atoms with Gasteiger partial charge in [0.2, 0.25) is 0 Å². The summed E-state index contributed by atoms with van der Waals surface area (Å²) in [5, 5.41) is 5.97. The van der Waals surface area contributed by atoms with E-state index in [9.17, 15) is 4.79 Å². The van der Waals surface area contributed by atoms with Crippen LogP contribution in [0.5, 0.6) is 0 Å². The van der Waals surface area contributed by atoms with Gasteiger partial charge in [0.1, 0.15) is 0 Å². The Kier molecular flexibility index (Phi) is 4.52. The number of hydrogen-bond donors (Lipinski definition) is 1. The van der Waals surface area contributed by atoms with E-state index < -0.39 is 6.04 Å². The minimum Gasteiger partial charge on any atom is -0.464 e. The fourth-order valence-corrected chi connectivity index (χ4v) is 2.33. The van der Waals surface area contributed by atoms with Gasteiger partial charge in [-0.15, -0.1) is 11.3 Å². The molecular formula is C14H16N2O2S. The van der Waals surface area contributed by atoms with E-state index >= 15 is 0 Å². The number of nitrogens with one attached hydrogen (secondary N) is 1. The standard InChI is InChI=1S/C14H16N2O2S/c1-3-18-14(17)13(12-9-19-10(2)15-12)16-11-7-5-4-6-8-11/h4-9,13,16H,3H2,1-2H3. The van der Waals surface area contributed by atoms with Crippen LogP contribution in [0.3, 0.4) is 0 Å². The molecule has 2 aromatic rings. The number of thiazole rings is 1. The Balaban J connectivity index is 2.22. The topological polar surface area (TPSA) is 51.2 Å². The van der Waals surface area contributed by atoms with Gasteiger partial charge in [-0.25, -0.2) is 9.78 Å². The van der Waals surface area contributed by atoms with E-state index in [-0.39, 0.29) is 5.97 Å². The number of anilines is 1. The Hall–Kier alpha value is -1.88. The third-order valence-corrected chi connectivity index (χ3v) is 3.33. The molecule has 0 fully saturated rings. The minimum atomic E-state index is -0.563. The quantitative estimate of drug-likeness (QED) is 0.852. The number of nitrogens with zero attached hydrogens (tertiary/aromatic N) is 1. The molecule has 19 heavy (non-hydrogen) atoms. The van der Waals surface area contributed by atoms with E-state index in [1.807, 2.05) is 42.6 Å². The molecule has 1 atom stereocenters. The SMILES string of the molecule is CCOC(=O)C(Nc1ccccc1)c1csc(C)n1. The molecule has 1 N–H and O–H groups in total. The highest BCUT2D eigenvalue weighted by molar-refractivity contribution is 7.09. The second-order valence-electron chi connectivity index (χ2n) is 3.99. The average Bonchev–Trinajstić information content (AvgIpc) is 2.84. The number of ether oxygens (including phenoxy) is 1. The highest BCUT2D eigenvalue weighted by Gasteiger charge is 2.24. The molecule has 0 saturated heterocycles. The molecule has 0 aliphatic heterocycles. The first-order chi connectivity index (χ1) is 9.20. The lowest BCUT2D eigenvalue weighted by molar-refractivity contribution is -0.144. The summed E-state index contributed by atoms with van der Waals surface area (Å²) in [6.07, 6.45) is 0. The normalized spacial score (nSPS) is 11.9. The van der Waals surface area contributed by atoms with Crippen molar-refractivity contribution in [1.29, 1.82) is 0 Å². The molecule has 0 aliphatic carbocycles. The predicted octanol–water partition coefficient (Wildman–Crippen LogP) is 3.17. The van der Waals surface area contributed by atoms with Crippen molar-refractivity contribution in [2.45, 2.75) is 19.9 Å². The van der Waals surface area contributed by atoms with Crippen LogP contribution < -0.4 is 5.32 Å². The van der Waals surface area contributed by atoms with Crippen LogP contribution in [0, 0.1) is 6.92 Å². The molecule has 1 aromatic heterocycles. The molecule has 2 rings (SSSR count). The van der Waals surface area contributed by atoms with Crippen molar-refractivity contribution in [3.8, 4) is 0 Å². The number of carbonyl (C=O) groups is 1. The van der Waals surface area contributed by atoms with Crippen molar-refractivity contribution in [2.24, 2.45) is 0 Å². The van der Waals surface area contributed by atoms with Crippen molar-refractivity contribution < 1.29 is 9.53 Å². The highest BCUT2D eigenvalue weighted by atomic mass is 32.1. The zero-order valence-corrected chi connectivity index (χ0v) is 11.7. The zero-order valence-electron chi connectivity index (χ0n) is 10.9. The van der Waals surface area contributed by atoms with Crippen molar-refractivity contribution in [1.82, 2.24) is 4.98 Å². The van der Waals surface area contributed by atoms with Gasteiger partial charge in [0.15, 0.2) is 6.04 Å². The summed E-state index contributed by atoms with van der Waals surface area (Å²) in [6.45, 7) is 4.07. The number of hydrogen-bond acceptors (Lipinski definition) is 5. The number of carbonyl (C=O) groups excluding carboxylic acids is 1. The Morgan fingerprint density at radius 2 is 2.16 bits per heavy atom. The third kappa shape index (κ3) is 3.54. The number of benzene rings is 1. The van der Waals surface area contributed by atoms with Crippen LogP contribution in [-0.2, 0) is 9.53 Å². The monoisotopic (exact) mass is 276 g/mol. The number of rotatable bonds is 5. The number of aromatic nitrogens is 1. The maximum atomic E-state index is 12.0. The summed E-state index contributed by atoms with van der Waals surface area (Å²) < 4.78 is 5.10. The highest BCUT2D eigenvalue weighted by Crippen LogP contribution is 2.22. The van der Waals surface area contributed by atoms with Gasteiger partial charge in [0.25, 0.3) is 0 Å². The molecule has 0 aliphatic rings. The van der Waals surface area contributed by atoms with Gasteiger partial charge >= 0.3 is 5.97 Å². The average molecular weight is 276 g/mol. The fraction of sp³-hybridized carbons (Fsp3) is 0.286. The van der Waals surface area contributed by atoms with Crippen LogP contribution in [0.4, 0.5) is 5.69 Å². The van der Waals surface area contributed by atoms with Gasteiger partial charge in [0.05, 0.1) is 17.3 Å². The maximum Gasteiger partial charge on any atom is 0.334 e. The molecule has 1 heterocycles. The molecule has 0 spiro atoms. The fourth-order valence-electron chi connectivity index (χ4n) is 1.69. The van der Waals surface area contributed by atoms with Crippen molar-refractivity contribution in [3.63, 3.8) is 0 Å². The van der Waals surface area contributed by atoms with E-state index in [1.165, 1.54) is 11.3 Å². The Morgan fingerprint density at radius 3 is 2.74 bits per heavy atom. The van der Waals surface area contributed by atoms with Crippen LogP contribution in [0.2, 0.25) is 0 Å². The number of aryl methyl sites for hydroxylation is 1. The Morgan fingerprint density at radius 1 is 1.42 bits per heavy atom. The van der Waals surface area contributed by atoms with Crippen LogP contribution in [-0.4, -0.2) is 17.6 Å². The maximum absolute atomic E-state index is 12.0. The van der Waals surface area contributed by atoms with E-state index in [2.05, 4.69) is 10.3 Å². The molecule has 0 amide bonds. The first kappa shape index (κ1) is 13.5. The van der Waals surface area contributed by atoms with E-state index in [0.29, 0.717) is 12.3 Å². The Labute approximate surface area is 116 Å². The van der Waals surface area contributed by atoms with Crippen LogP contribution >= 0.6 is 11.3 Å². The van der Waals surface area contributed by atoms with E-state index in [0.717, 1.165) is 10.7 Å². The number of para-hydroxylation sites is 1. The lowest BCUT2D eigenvalue weighted by atomic mass is 10.2. The minimum absolute atomic E-state index is 0.309. The molecule has 1 aromatic carbocycles. The van der Waals surface area contributed by atoms with Crippen molar-refractivity contribution in [3.05, 3.63) is 46.4 Å². The zero-order chi connectivity index (χ0) is 13.7. The molecule has 4 nitrogen and oxygen atoms in total. The van der Waals surface area contributed by atoms with Gasteiger partial charge in [-0.3, -0.25) is 0 Å². The van der Waals surface area contributed by atoms with E-state index in [1.54, 1.807) is 6.92 Å². The molecular weight excluding hydrogens is 260 g/mol. The predicted molar refractivity (Wildman–Crippen MR) is 76.3 cm³/mol. The molecule has 0 saturated carbocycles. The second-order valence-corrected chi connectivity index (χ2v) is 5.05. The van der Waals surface area contributed by atoms with Crippen LogP contribution in [0.1, 0.15) is 23.7 Å². The van der Waals surface area contributed by atoms with Gasteiger partial charge in [-0.05, 0) is 26.0 Å². The summed E-state index contributed by atoms with van der Waals surface area (Å²) in [5.41, 5.74) is 1.57. The van der Waals surface area contributed by atoms with Gasteiger partial charge in [-0.2, -0.15) is 0 Å². The lowest BCUT2D eigenvalue weighted by Crippen LogP contribution is -2.23. The van der Waals surface area contributed by atoms with Crippen LogP contribution in [0.15, 0.2) is 35.7 Å². The molecule has 0 radical (unpaired) electrons. The summed E-state index contributed by atoms with van der Waals surface area (Å²) in [4.78, 5) is 16.4. The van der Waals surface area contributed by atoms with Gasteiger partial charge < -0.3 is 10.1 Å². The smallest absolute Gasteiger partial charge is 0.334 e.